The monoisotopic (exact) mass is 672 g/mol. The molecule has 0 spiro atoms. The van der Waals surface area contributed by atoms with Crippen LogP contribution in [0.25, 0.3) is 11.1 Å². The van der Waals surface area contributed by atoms with Gasteiger partial charge in [0.15, 0.2) is 0 Å². The number of nitrogens with one attached hydrogen (secondary N) is 1. The molecule has 0 aliphatic rings. The molecule has 0 fully saturated rings. The minimum absolute atomic E-state index is 0.104. The zero-order valence-electron chi connectivity index (χ0n) is 26.1. The predicted molar refractivity (Wildman–Crippen MR) is 170 cm³/mol. The van der Waals surface area contributed by atoms with Crippen LogP contribution in [0.2, 0.25) is 0 Å². The van der Waals surface area contributed by atoms with E-state index in [1.807, 2.05) is 42.5 Å². The number of halogens is 1. The standard InChI is InChI=1S/C32H37FN4O9S/c1-21(2)36(47(43,44)27-15-13-26(14-16-27)37(41)42)29(20-25(33)17-18-34)31(39)46-30(38)28(35-32(40)45-3)19-22-9-11-24(12-10-22)23-7-5-4-6-8-23/h4-16,21,25,28-29H,17-20,34H2,1-3H3,(H,35,40)/t25?,28-,29-/m0/s1. The first-order valence-electron chi connectivity index (χ1n) is 14.6. The molecule has 1 unspecified atom stereocenters. The van der Waals surface area contributed by atoms with Gasteiger partial charge in [-0.15, -0.1) is 0 Å². The van der Waals surface area contributed by atoms with Crippen LogP contribution in [0.5, 0.6) is 0 Å². The van der Waals surface area contributed by atoms with Crippen molar-refractivity contribution >= 4 is 33.7 Å². The zero-order chi connectivity index (χ0) is 34.7. The Balaban J connectivity index is 1.92. The van der Waals surface area contributed by atoms with Gasteiger partial charge in [0.1, 0.15) is 18.3 Å². The fraction of sp³-hybridized carbons (Fsp3) is 0.344. The second-order valence-corrected chi connectivity index (χ2v) is 12.6. The molecule has 3 N–H and O–H groups in total. The summed E-state index contributed by atoms with van der Waals surface area (Å²) in [7, 11) is -3.51. The SMILES string of the molecule is COC(=O)N[C@@H](Cc1ccc(-c2ccccc2)cc1)C(=O)OC(=O)[C@H](CC(F)CCN)N(C(C)C)S(=O)(=O)c1ccc([N+](=O)[O-])cc1. The largest absolute Gasteiger partial charge is 0.453 e. The van der Waals surface area contributed by atoms with E-state index in [-0.39, 0.29) is 25.1 Å². The van der Waals surface area contributed by atoms with Crippen LogP contribution in [-0.4, -0.2) is 73.6 Å². The van der Waals surface area contributed by atoms with Gasteiger partial charge in [0, 0.05) is 31.0 Å². The zero-order valence-corrected chi connectivity index (χ0v) is 26.9. The Hall–Kier alpha value is -4.73. The molecule has 3 aromatic rings. The molecular formula is C32H37FN4O9S. The lowest BCUT2D eigenvalue weighted by molar-refractivity contribution is -0.384. The lowest BCUT2D eigenvalue weighted by Gasteiger charge is -2.33. The first kappa shape index (κ1) is 36.7. The van der Waals surface area contributed by atoms with Crippen molar-refractivity contribution in [2.75, 3.05) is 13.7 Å². The molecule has 0 aliphatic carbocycles. The maximum Gasteiger partial charge on any atom is 0.407 e. The number of amides is 1. The van der Waals surface area contributed by atoms with E-state index in [0.29, 0.717) is 9.87 Å². The molecule has 15 heteroatoms. The molecule has 3 aromatic carbocycles. The number of rotatable bonds is 15. The molecule has 47 heavy (non-hydrogen) atoms. The third kappa shape index (κ3) is 9.88. The van der Waals surface area contributed by atoms with Crippen molar-refractivity contribution in [1.29, 1.82) is 0 Å². The van der Waals surface area contributed by atoms with Gasteiger partial charge in [-0.25, -0.2) is 27.2 Å². The van der Waals surface area contributed by atoms with E-state index in [9.17, 15) is 37.3 Å². The first-order valence-corrected chi connectivity index (χ1v) is 16.1. The Kier molecular flexibility index (Phi) is 13.1. The highest BCUT2D eigenvalue weighted by molar-refractivity contribution is 7.89. The number of benzene rings is 3. The number of esters is 2. The van der Waals surface area contributed by atoms with Gasteiger partial charge in [-0.2, -0.15) is 4.31 Å². The molecule has 0 saturated carbocycles. The predicted octanol–water partition coefficient (Wildman–Crippen LogP) is 4.14. The summed E-state index contributed by atoms with van der Waals surface area (Å²) in [6.07, 6.45) is -3.80. The van der Waals surface area contributed by atoms with Crippen LogP contribution in [0.4, 0.5) is 14.9 Å². The quantitative estimate of drug-likeness (QED) is 0.103. The Labute approximate surface area is 272 Å². The summed E-state index contributed by atoms with van der Waals surface area (Å²) in [6, 6.07) is 16.3. The van der Waals surface area contributed by atoms with Gasteiger partial charge in [-0.05, 0) is 55.6 Å². The van der Waals surface area contributed by atoms with Crippen LogP contribution in [0.3, 0.4) is 0 Å². The van der Waals surface area contributed by atoms with E-state index in [0.717, 1.165) is 42.5 Å². The van der Waals surface area contributed by atoms with E-state index in [1.54, 1.807) is 12.1 Å². The minimum Gasteiger partial charge on any atom is -0.453 e. The van der Waals surface area contributed by atoms with Crippen molar-refractivity contribution in [3.05, 3.63) is 94.5 Å². The van der Waals surface area contributed by atoms with Crippen LogP contribution in [0.1, 0.15) is 32.3 Å². The summed E-state index contributed by atoms with van der Waals surface area (Å²) in [4.78, 5) is 49.1. The van der Waals surface area contributed by atoms with Crippen molar-refractivity contribution in [3.63, 3.8) is 0 Å². The second-order valence-electron chi connectivity index (χ2n) is 10.8. The van der Waals surface area contributed by atoms with E-state index >= 15 is 0 Å². The van der Waals surface area contributed by atoms with Crippen molar-refractivity contribution in [3.8, 4) is 11.1 Å². The number of nitrogens with two attached hydrogens (primary N) is 1. The molecule has 0 aliphatic heterocycles. The van der Waals surface area contributed by atoms with Crippen LogP contribution >= 0.6 is 0 Å². The molecule has 0 heterocycles. The summed E-state index contributed by atoms with van der Waals surface area (Å²) in [6.45, 7) is 2.76. The summed E-state index contributed by atoms with van der Waals surface area (Å²) >= 11 is 0. The molecule has 0 aromatic heterocycles. The number of alkyl carbamates (subject to hydrolysis) is 1. The third-order valence-corrected chi connectivity index (χ3v) is 9.23. The molecule has 0 saturated heterocycles. The average molecular weight is 673 g/mol. The molecule has 0 bridgehead atoms. The Bertz CT molecular complexity index is 1640. The number of ether oxygens (including phenoxy) is 2. The molecule has 13 nitrogen and oxygen atoms in total. The molecule has 1 amide bonds. The number of nitro groups is 1. The van der Waals surface area contributed by atoms with Crippen molar-refractivity contribution < 1.29 is 41.6 Å². The fourth-order valence-corrected chi connectivity index (χ4v) is 6.63. The van der Waals surface area contributed by atoms with Crippen molar-refractivity contribution in [1.82, 2.24) is 9.62 Å². The number of sulfonamides is 1. The van der Waals surface area contributed by atoms with Crippen LogP contribution in [-0.2, 0) is 35.5 Å². The van der Waals surface area contributed by atoms with Gasteiger partial charge in [-0.1, -0.05) is 54.6 Å². The summed E-state index contributed by atoms with van der Waals surface area (Å²) < 4.78 is 53.0. The average Bonchev–Trinajstić information content (AvgIpc) is 3.04. The van der Waals surface area contributed by atoms with E-state index in [4.69, 9.17) is 10.5 Å². The Morgan fingerprint density at radius 1 is 0.957 bits per heavy atom. The number of non-ortho nitro benzene ring substituents is 1. The lowest BCUT2D eigenvalue weighted by atomic mass is 10.0. The van der Waals surface area contributed by atoms with Gasteiger partial charge >= 0.3 is 18.0 Å². The van der Waals surface area contributed by atoms with Gasteiger partial charge in [0.05, 0.1) is 16.9 Å². The molecule has 3 rings (SSSR count). The highest BCUT2D eigenvalue weighted by atomic mass is 32.2. The van der Waals surface area contributed by atoms with Gasteiger partial charge < -0.3 is 20.5 Å². The van der Waals surface area contributed by atoms with Gasteiger partial charge in [-0.3, -0.25) is 10.1 Å². The smallest absolute Gasteiger partial charge is 0.407 e. The van der Waals surface area contributed by atoms with Gasteiger partial charge in [0.25, 0.3) is 5.69 Å². The molecule has 0 radical (unpaired) electrons. The first-order chi connectivity index (χ1) is 22.3. The molecule has 252 valence electrons. The number of nitrogens with zero attached hydrogens (tertiary/aromatic N) is 2. The number of carbonyl (C=O) groups is 3. The number of hydrogen-bond donors (Lipinski definition) is 2. The van der Waals surface area contributed by atoms with Gasteiger partial charge in [0.2, 0.25) is 10.0 Å². The Morgan fingerprint density at radius 2 is 1.55 bits per heavy atom. The Morgan fingerprint density at radius 3 is 2.09 bits per heavy atom. The summed E-state index contributed by atoms with van der Waals surface area (Å²) in [5.74, 6) is -2.62. The van der Waals surface area contributed by atoms with E-state index < -0.39 is 68.6 Å². The highest BCUT2D eigenvalue weighted by Crippen LogP contribution is 2.27. The highest BCUT2D eigenvalue weighted by Gasteiger charge is 2.42. The normalized spacial score (nSPS) is 13.4. The van der Waals surface area contributed by atoms with Crippen LogP contribution in [0.15, 0.2) is 83.8 Å². The number of hydrogen-bond acceptors (Lipinski definition) is 10. The van der Waals surface area contributed by atoms with Crippen LogP contribution < -0.4 is 11.1 Å². The fourth-order valence-electron chi connectivity index (χ4n) is 4.84. The summed E-state index contributed by atoms with van der Waals surface area (Å²) in [5.41, 5.74) is 7.55. The summed E-state index contributed by atoms with van der Waals surface area (Å²) in [5, 5.41) is 13.4. The topological polar surface area (TPSA) is 188 Å². The minimum atomic E-state index is -4.59. The number of carbonyl (C=O) groups excluding carboxylic acids is 3. The molecular weight excluding hydrogens is 635 g/mol. The van der Waals surface area contributed by atoms with Crippen molar-refractivity contribution in [2.24, 2.45) is 5.73 Å². The number of alkyl halides is 1. The maximum atomic E-state index is 15.0. The van der Waals surface area contributed by atoms with Crippen molar-refractivity contribution in [2.45, 2.75) is 62.3 Å². The molecule has 3 atom stereocenters. The van der Waals surface area contributed by atoms with E-state index in [2.05, 4.69) is 10.1 Å². The van der Waals surface area contributed by atoms with Crippen LogP contribution in [0, 0.1) is 10.1 Å². The number of methoxy groups -OCH3 is 1. The maximum absolute atomic E-state index is 15.0. The second kappa shape index (κ2) is 16.7. The third-order valence-electron chi connectivity index (χ3n) is 7.13. The van der Waals surface area contributed by atoms with E-state index in [1.165, 1.54) is 13.8 Å². The lowest BCUT2D eigenvalue weighted by Crippen LogP contribution is -2.52. The number of nitro benzene ring substituents is 1.